The van der Waals surface area contributed by atoms with Crippen LogP contribution in [0.5, 0.6) is 0 Å². The van der Waals surface area contributed by atoms with Gasteiger partial charge in [0.25, 0.3) is 5.91 Å². The van der Waals surface area contributed by atoms with Crippen LogP contribution in [0.4, 0.5) is 10.7 Å². The van der Waals surface area contributed by atoms with E-state index in [9.17, 15) is 9.59 Å². The number of anilines is 2. The first-order valence-corrected chi connectivity index (χ1v) is 7.12. The lowest BCUT2D eigenvalue weighted by Crippen LogP contribution is -2.15. The van der Waals surface area contributed by atoms with Crippen molar-refractivity contribution in [3.05, 3.63) is 46.3 Å². The predicted octanol–water partition coefficient (Wildman–Crippen LogP) is 3.07. The van der Waals surface area contributed by atoms with E-state index in [0.29, 0.717) is 10.6 Å². The Kier molecular flexibility index (Phi) is 4.28. The van der Waals surface area contributed by atoms with E-state index in [4.69, 9.17) is 5.11 Å². The molecule has 5 nitrogen and oxygen atoms in total. The fourth-order valence-corrected chi connectivity index (χ4v) is 2.77. The van der Waals surface area contributed by atoms with Gasteiger partial charge in [-0.05, 0) is 31.2 Å². The van der Waals surface area contributed by atoms with Crippen molar-refractivity contribution in [2.24, 2.45) is 0 Å². The maximum Gasteiger partial charge on any atom is 0.338 e. The molecule has 2 N–H and O–H groups in total. The second-order valence-electron chi connectivity index (χ2n) is 4.80. The number of rotatable bonds is 4. The standard InChI is InChI=1S/C15H16N2O3S/c1-9-7-12(15(19)20)14(21-9)16-13(18)10-5-4-6-11(8-10)17(2)3/h4-8H,1-3H3,(H,16,18)(H,19,20). The molecule has 0 saturated carbocycles. The van der Waals surface area contributed by atoms with Crippen LogP contribution in [0.3, 0.4) is 0 Å². The van der Waals surface area contributed by atoms with E-state index >= 15 is 0 Å². The van der Waals surface area contributed by atoms with Gasteiger partial charge in [0.05, 0.1) is 5.56 Å². The smallest absolute Gasteiger partial charge is 0.338 e. The Hall–Kier alpha value is -2.34. The number of benzene rings is 1. The molecule has 110 valence electrons. The Bertz CT molecular complexity index is 692. The molecule has 2 aromatic rings. The van der Waals surface area contributed by atoms with Gasteiger partial charge in [0, 0.05) is 30.2 Å². The van der Waals surface area contributed by atoms with Crippen LogP contribution in [0, 0.1) is 6.92 Å². The van der Waals surface area contributed by atoms with Gasteiger partial charge in [-0.3, -0.25) is 4.79 Å². The van der Waals surface area contributed by atoms with Gasteiger partial charge in [0.15, 0.2) is 0 Å². The molecular weight excluding hydrogens is 288 g/mol. The summed E-state index contributed by atoms with van der Waals surface area (Å²) in [6.07, 6.45) is 0. The van der Waals surface area contributed by atoms with Crippen LogP contribution in [-0.4, -0.2) is 31.1 Å². The van der Waals surface area contributed by atoms with Gasteiger partial charge in [0.2, 0.25) is 0 Å². The summed E-state index contributed by atoms with van der Waals surface area (Å²) < 4.78 is 0. The lowest BCUT2D eigenvalue weighted by Gasteiger charge is -2.13. The first-order chi connectivity index (χ1) is 9.88. The zero-order valence-electron chi connectivity index (χ0n) is 12.0. The third-order valence-corrected chi connectivity index (χ3v) is 3.90. The molecule has 0 fully saturated rings. The van der Waals surface area contributed by atoms with Crippen LogP contribution in [-0.2, 0) is 0 Å². The monoisotopic (exact) mass is 304 g/mol. The summed E-state index contributed by atoms with van der Waals surface area (Å²) in [4.78, 5) is 26.1. The largest absolute Gasteiger partial charge is 0.478 e. The highest BCUT2D eigenvalue weighted by Gasteiger charge is 2.17. The van der Waals surface area contributed by atoms with Crippen LogP contribution >= 0.6 is 11.3 Å². The van der Waals surface area contributed by atoms with Crippen LogP contribution in [0.2, 0.25) is 0 Å². The van der Waals surface area contributed by atoms with Crippen LogP contribution in [0.15, 0.2) is 30.3 Å². The molecule has 0 aliphatic carbocycles. The summed E-state index contributed by atoms with van der Waals surface area (Å²) >= 11 is 1.25. The molecule has 1 heterocycles. The number of hydrogen-bond donors (Lipinski definition) is 2. The highest BCUT2D eigenvalue weighted by atomic mass is 32.1. The molecule has 21 heavy (non-hydrogen) atoms. The number of hydrogen-bond acceptors (Lipinski definition) is 4. The van der Waals surface area contributed by atoms with Gasteiger partial charge in [-0.15, -0.1) is 11.3 Å². The molecule has 1 amide bonds. The summed E-state index contributed by atoms with van der Waals surface area (Å²) in [5.74, 6) is -1.36. The molecule has 1 aromatic carbocycles. The Labute approximate surface area is 126 Å². The van der Waals surface area contributed by atoms with Gasteiger partial charge in [-0.1, -0.05) is 6.07 Å². The number of carboxylic acids is 1. The molecule has 1 aromatic heterocycles. The van der Waals surface area contributed by atoms with Crippen molar-refractivity contribution >= 4 is 33.9 Å². The summed E-state index contributed by atoms with van der Waals surface area (Å²) in [5.41, 5.74) is 1.52. The molecule has 0 aliphatic rings. The summed E-state index contributed by atoms with van der Waals surface area (Å²) in [6, 6.07) is 8.70. The molecular formula is C15H16N2O3S. The molecule has 0 spiro atoms. The number of aryl methyl sites for hydroxylation is 1. The molecule has 0 aliphatic heterocycles. The Balaban J connectivity index is 2.26. The van der Waals surface area contributed by atoms with Gasteiger partial charge >= 0.3 is 5.97 Å². The Morgan fingerprint density at radius 3 is 2.57 bits per heavy atom. The number of aromatic carboxylic acids is 1. The van der Waals surface area contributed by atoms with E-state index < -0.39 is 5.97 Å². The second kappa shape index (κ2) is 5.97. The lowest BCUT2D eigenvalue weighted by molar-refractivity contribution is 0.0698. The van der Waals surface area contributed by atoms with E-state index in [1.54, 1.807) is 31.2 Å². The highest BCUT2D eigenvalue weighted by molar-refractivity contribution is 7.16. The number of nitrogens with zero attached hydrogens (tertiary/aromatic N) is 1. The molecule has 0 saturated heterocycles. The van der Waals surface area contributed by atoms with Crippen molar-refractivity contribution in [2.75, 3.05) is 24.3 Å². The van der Waals surface area contributed by atoms with Crippen molar-refractivity contribution in [1.29, 1.82) is 0 Å². The first-order valence-electron chi connectivity index (χ1n) is 6.31. The minimum Gasteiger partial charge on any atom is -0.478 e. The van der Waals surface area contributed by atoms with Crippen LogP contribution in [0.25, 0.3) is 0 Å². The third-order valence-electron chi connectivity index (χ3n) is 2.94. The van der Waals surface area contributed by atoms with E-state index in [0.717, 1.165) is 10.6 Å². The van der Waals surface area contributed by atoms with Crippen molar-refractivity contribution in [2.45, 2.75) is 6.92 Å². The number of carbonyl (C=O) groups excluding carboxylic acids is 1. The summed E-state index contributed by atoms with van der Waals surface area (Å²) in [5, 5.41) is 12.2. The van der Waals surface area contributed by atoms with Crippen LogP contribution < -0.4 is 10.2 Å². The maximum absolute atomic E-state index is 12.3. The number of nitrogens with one attached hydrogen (secondary N) is 1. The average molecular weight is 304 g/mol. The van der Waals surface area contributed by atoms with E-state index in [2.05, 4.69) is 5.32 Å². The van der Waals surface area contributed by atoms with Gasteiger partial charge < -0.3 is 15.3 Å². The first kappa shape index (κ1) is 15.1. The summed E-state index contributed by atoms with van der Waals surface area (Å²) in [6.45, 7) is 1.80. The maximum atomic E-state index is 12.3. The highest BCUT2D eigenvalue weighted by Crippen LogP contribution is 2.28. The zero-order chi connectivity index (χ0) is 15.6. The van der Waals surface area contributed by atoms with Crippen molar-refractivity contribution in [1.82, 2.24) is 0 Å². The Morgan fingerprint density at radius 2 is 1.95 bits per heavy atom. The number of thiophene rings is 1. The van der Waals surface area contributed by atoms with Gasteiger partial charge in [-0.25, -0.2) is 4.79 Å². The fraction of sp³-hybridized carbons (Fsp3) is 0.200. The van der Waals surface area contributed by atoms with E-state index in [1.165, 1.54) is 11.3 Å². The van der Waals surface area contributed by atoms with E-state index in [-0.39, 0.29) is 11.5 Å². The van der Waals surface area contributed by atoms with Crippen LogP contribution in [0.1, 0.15) is 25.6 Å². The van der Waals surface area contributed by atoms with Crippen molar-refractivity contribution in [3.63, 3.8) is 0 Å². The third kappa shape index (κ3) is 3.41. The molecule has 2 rings (SSSR count). The number of carboxylic acid groups (broad SMARTS) is 1. The molecule has 0 radical (unpaired) electrons. The fourth-order valence-electron chi connectivity index (χ4n) is 1.87. The minimum absolute atomic E-state index is 0.120. The molecule has 0 unspecified atom stereocenters. The van der Waals surface area contributed by atoms with Crippen molar-refractivity contribution in [3.8, 4) is 0 Å². The lowest BCUT2D eigenvalue weighted by atomic mass is 10.2. The molecule has 0 bridgehead atoms. The minimum atomic E-state index is -1.04. The number of carbonyl (C=O) groups is 2. The van der Waals surface area contributed by atoms with Crippen molar-refractivity contribution < 1.29 is 14.7 Å². The second-order valence-corrected chi connectivity index (χ2v) is 6.06. The normalized spacial score (nSPS) is 10.2. The van der Waals surface area contributed by atoms with Gasteiger partial charge in [0.1, 0.15) is 5.00 Å². The SMILES string of the molecule is Cc1cc(C(=O)O)c(NC(=O)c2cccc(N(C)C)c2)s1. The summed E-state index contributed by atoms with van der Waals surface area (Å²) in [7, 11) is 3.78. The van der Waals surface area contributed by atoms with E-state index in [1.807, 2.05) is 25.1 Å². The zero-order valence-corrected chi connectivity index (χ0v) is 12.8. The molecule has 0 atom stereocenters. The number of amides is 1. The Morgan fingerprint density at radius 1 is 1.24 bits per heavy atom. The predicted molar refractivity (Wildman–Crippen MR) is 84.7 cm³/mol. The van der Waals surface area contributed by atoms with Gasteiger partial charge in [-0.2, -0.15) is 0 Å². The topological polar surface area (TPSA) is 69.6 Å². The average Bonchev–Trinajstić information content (AvgIpc) is 2.80. The quantitative estimate of drug-likeness (QED) is 0.910. The molecule has 6 heteroatoms.